The highest BCUT2D eigenvalue weighted by Crippen LogP contribution is 2.18. The van der Waals surface area contributed by atoms with Gasteiger partial charge in [0.15, 0.2) is 0 Å². The van der Waals surface area contributed by atoms with Crippen LogP contribution >= 0.6 is 0 Å². The average molecular weight is 359 g/mol. The fraction of sp³-hybridized carbons (Fsp3) is 0.0909. The summed E-state index contributed by atoms with van der Waals surface area (Å²) >= 11 is 0. The van der Waals surface area contributed by atoms with Crippen molar-refractivity contribution in [2.75, 3.05) is 23.0 Å². The van der Waals surface area contributed by atoms with E-state index in [1.807, 2.05) is 42.5 Å². The van der Waals surface area contributed by atoms with Gasteiger partial charge in [-0.3, -0.25) is 9.59 Å². The van der Waals surface area contributed by atoms with Crippen LogP contribution in [0.4, 0.5) is 17.1 Å². The van der Waals surface area contributed by atoms with Crippen LogP contribution < -0.4 is 16.0 Å². The number of nitrogens with zero attached hydrogens (tertiary/aromatic N) is 1. The molecule has 0 heterocycles. The predicted molar refractivity (Wildman–Crippen MR) is 109 cm³/mol. The summed E-state index contributed by atoms with van der Waals surface area (Å²) in [6.45, 7) is 0. The van der Waals surface area contributed by atoms with Crippen LogP contribution in [0.15, 0.2) is 78.9 Å². The van der Waals surface area contributed by atoms with E-state index in [1.54, 1.807) is 48.3 Å². The summed E-state index contributed by atoms with van der Waals surface area (Å²) in [5.74, 6) is -0.295. The first-order valence-corrected chi connectivity index (χ1v) is 8.60. The van der Waals surface area contributed by atoms with E-state index in [0.717, 1.165) is 11.3 Å². The molecule has 0 radical (unpaired) electrons. The molecule has 0 spiro atoms. The third-order valence-corrected chi connectivity index (χ3v) is 4.19. The van der Waals surface area contributed by atoms with Gasteiger partial charge in [-0.05, 0) is 48.0 Å². The summed E-state index contributed by atoms with van der Waals surface area (Å²) in [5, 5.41) is 2.84. The molecule has 3 aromatic rings. The third kappa shape index (κ3) is 4.73. The van der Waals surface area contributed by atoms with Gasteiger partial charge in [-0.2, -0.15) is 0 Å². The Morgan fingerprint density at radius 3 is 2.33 bits per heavy atom. The minimum Gasteiger partial charge on any atom is -0.399 e. The standard InChI is InChI=1S/C22H21N3O2/c1-25(20-8-3-2-4-9-20)22(27)17-6-5-7-19(15-17)24-21(26)14-16-10-12-18(23)13-11-16/h2-13,15H,14,23H2,1H3,(H,24,26). The number of nitrogens with two attached hydrogens (primary N) is 1. The predicted octanol–water partition coefficient (Wildman–Crippen LogP) is 3.73. The van der Waals surface area contributed by atoms with Crippen molar-refractivity contribution in [3.63, 3.8) is 0 Å². The van der Waals surface area contributed by atoms with Gasteiger partial charge >= 0.3 is 0 Å². The number of hydrogen-bond donors (Lipinski definition) is 2. The second kappa shape index (κ2) is 8.19. The number of amides is 2. The lowest BCUT2D eigenvalue weighted by Gasteiger charge is -2.17. The molecule has 27 heavy (non-hydrogen) atoms. The molecule has 5 nitrogen and oxygen atoms in total. The summed E-state index contributed by atoms with van der Waals surface area (Å²) in [5.41, 5.74) is 9.09. The Morgan fingerprint density at radius 1 is 0.926 bits per heavy atom. The van der Waals surface area contributed by atoms with Crippen molar-refractivity contribution in [1.82, 2.24) is 0 Å². The number of nitrogens with one attached hydrogen (secondary N) is 1. The first-order chi connectivity index (χ1) is 13.0. The fourth-order valence-corrected chi connectivity index (χ4v) is 2.72. The second-order valence-corrected chi connectivity index (χ2v) is 6.25. The third-order valence-electron chi connectivity index (χ3n) is 4.19. The molecule has 0 saturated carbocycles. The molecule has 0 aliphatic heterocycles. The van der Waals surface area contributed by atoms with Crippen molar-refractivity contribution in [3.05, 3.63) is 90.0 Å². The largest absolute Gasteiger partial charge is 0.399 e. The highest BCUT2D eigenvalue weighted by Gasteiger charge is 2.14. The lowest BCUT2D eigenvalue weighted by atomic mass is 10.1. The van der Waals surface area contributed by atoms with Crippen LogP contribution in [-0.2, 0) is 11.2 Å². The molecule has 0 saturated heterocycles. The molecular formula is C22H21N3O2. The number of carbonyl (C=O) groups excluding carboxylic acids is 2. The molecule has 5 heteroatoms. The number of anilines is 3. The van der Waals surface area contributed by atoms with Crippen LogP contribution in [0.1, 0.15) is 15.9 Å². The molecule has 136 valence electrons. The number of nitrogen functional groups attached to an aromatic ring is 1. The van der Waals surface area contributed by atoms with E-state index in [2.05, 4.69) is 5.32 Å². The number of benzene rings is 3. The maximum Gasteiger partial charge on any atom is 0.258 e. The Labute approximate surface area is 158 Å². The summed E-state index contributed by atoms with van der Waals surface area (Å²) in [7, 11) is 1.73. The SMILES string of the molecule is CN(C(=O)c1cccc(NC(=O)Cc2ccc(N)cc2)c1)c1ccccc1. The zero-order valence-electron chi connectivity index (χ0n) is 15.1. The number of rotatable bonds is 5. The van der Waals surface area contributed by atoms with Crippen molar-refractivity contribution in [3.8, 4) is 0 Å². The van der Waals surface area contributed by atoms with Crippen LogP contribution in [-0.4, -0.2) is 18.9 Å². The second-order valence-electron chi connectivity index (χ2n) is 6.25. The quantitative estimate of drug-likeness (QED) is 0.682. The summed E-state index contributed by atoms with van der Waals surface area (Å²) in [4.78, 5) is 26.6. The molecule has 0 bridgehead atoms. The Kier molecular flexibility index (Phi) is 5.52. The van der Waals surface area contributed by atoms with Gasteiger partial charge in [0.2, 0.25) is 5.91 Å². The molecule has 0 aliphatic carbocycles. The zero-order chi connectivity index (χ0) is 19.2. The van der Waals surface area contributed by atoms with Crippen LogP contribution in [0.3, 0.4) is 0 Å². The van der Waals surface area contributed by atoms with Gasteiger partial charge in [0, 0.05) is 29.7 Å². The minimum atomic E-state index is -0.152. The Balaban J connectivity index is 1.68. The molecule has 0 atom stereocenters. The van der Waals surface area contributed by atoms with Crippen molar-refractivity contribution < 1.29 is 9.59 Å². The Morgan fingerprint density at radius 2 is 1.63 bits per heavy atom. The van der Waals surface area contributed by atoms with Gasteiger partial charge in [0.05, 0.1) is 6.42 Å². The van der Waals surface area contributed by atoms with Crippen molar-refractivity contribution in [2.45, 2.75) is 6.42 Å². The van der Waals surface area contributed by atoms with E-state index >= 15 is 0 Å². The van der Waals surface area contributed by atoms with Gasteiger partial charge in [-0.15, -0.1) is 0 Å². The molecule has 0 aliphatic rings. The monoisotopic (exact) mass is 359 g/mol. The van der Waals surface area contributed by atoms with Crippen molar-refractivity contribution >= 4 is 28.9 Å². The number of hydrogen-bond acceptors (Lipinski definition) is 3. The number of carbonyl (C=O) groups is 2. The van der Waals surface area contributed by atoms with Gasteiger partial charge < -0.3 is 16.0 Å². The van der Waals surface area contributed by atoms with Crippen molar-refractivity contribution in [1.29, 1.82) is 0 Å². The lowest BCUT2D eigenvalue weighted by Crippen LogP contribution is -2.26. The van der Waals surface area contributed by atoms with Crippen LogP contribution in [0.5, 0.6) is 0 Å². The molecular weight excluding hydrogens is 338 g/mol. The molecule has 0 aromatic heterocycles. The van der Waals surface area contributed by atoms with Gasteiger partial charge in [-0.25, -0.2) is 0 Å². The maximum absolute atomic E-state index is 12.7. The van der Waals surface area contributed by atoms with E-state index in [1.165, 1.54) is 0 Å². The first-order valence-electron chi connectivity index (χ1n) is 8.60. The molecule has 3 aromatic carbocycles. The molecule has 3 N–H and O–H groups in total. The van der Waals surface area contributed by atoms with Crippen LogP contribution in [0, 0.1) is 0 Å². The zero-order valence-corrected chi connectivity index (χ0v) is 15.1. The minimum absolute atomic E-state index is 0.143. The van der Waals surface area contributed by atoms with Gasteiger partial charge in [0.1, 0.15) is 0 Å². The molecule has 0 fully saturated rings. The first kappa shape index (κ1) is 18.2. The van der Waals surface area contributed by atoms with E-state index in [9.17, 15) is 9.59 Å². The average Bonchev–Trinajstić information content (AvgIpc) is 2.69. The molecule has 3 rings (SSSR count). The topological polar surface area (TPSA) is 75.4 Å². The van der Waals surface area contributed by atoms with Gasteiger partial charge in [0.25, 0.3) is 5.91 Å². The summed E-state index contributed by atoms with van der Waals surface area (Å²) < 4.78 is 0. The summed E-state index contributed by atoms with van der Waals surface area (Å²) in [6, 6.07) is 23.5. The smallest absolute Gasteiger partial charge is 0.258 e. The van der Waals surface area contributed by atoms with Crippen molar-refractivity contribution in [2.24, 2.45) is 0 Å². The highest BCUT2D eigenvalue weighted by atomic mass is 16.2. The lowest BCUT2D eigenvalue weighted by molar-refractivity contribution is -0.115. The van der Waals surface area contributed by atoms with E-state index < -0.39 is 0 Å². The summed E-state index contributed by atoms with van der Waals surface area (Å²) in [6.07, 6.45) is 0.238. The maximum atomic E-state index is 12.7. The van der Waals surface area contributed by atoms with E-state index in [-0.39, 0.29) is 18.2 Å². The molecule has 2 amide bonds. The Bertz CT molecular complexity index is 937. The van der Waals surface area contributed by atoms with E-state index in [4.69, 9.17) is 5.73 Å². The molecule has 0 unspecified atom stereocenters. The number of para-hydroxylation sites is 1. The van der Waals surface area contributed by atoms with Crippen LogP contribution in [0.2, 0.25) is 0 Å². The normalized spacial score (nSPS) is 10.3. The highest BCUT2D eigenvalue weighted by molar-refractivity contribution is 6.06. The fourth-order valence-electron chi connectivity index (χ4n) is 2.72. The van der Waals surface area contributed by atoms with Crippen LogP contribution in [0.25, 0.3) is 0 Å². The van der Waals surface area contributed by atoms with Gasteiger partial charge in [-0.1, -0.05) is 36.4 Å². The van der Waals surface area contributed by atoms with E-state index in [0.29, 0.717) is 16.9 Å². The Hall–Kier alpha value is -3.60.